The predicted octanol–water partition coefficient (Wildman–Crippen LogP) is 5.51. The average Bonchev–Trinajstić information content (AvgIpc) is 3.17. The van der Waals surface area contributed by atoms with Crippen LogP contribution in [0, 0.1) is 0 Å². The van der Waals surface area contributed by atoms with Gasteiger partial charge in [0.2, 0.25) is 0 Å². The molecule has 0 radical (unpaired) electrons. The first-order chi connectivity index (χ1) is 10.2. The normalized spacial score (nSPS) is 12.5. The Morgan fingerprint density at radius 2 is 1.95 bits per heavy atom. The van der Waals surface area contributed by atoms with Gasteiger partial charge in [0.1, 0.15) is 11.5 Å². The Hall–Kier alpha value is -1.55. The number of rotatable bonds is 5. The lowest BCUT2D eigenvalue weighted by Gasteiger charge is -2.10. The molecule has 0 amide bonds. The zero-order valence-corrected chi connectivity index (χ0v) is 13.2. The SMILES string of the molecule is C[C@H](NCc1ccc(-c2ccc(Cl)cc2)o1)c1cccs1. The third-order valence-corrected chi connectivity index (χ3v) is 4.65. The molecule has 0 fully saturated rings. The molecule has 0 saturated carbocycles. The Kier molecular flexibility index (Phi) is 4.44. The van der Waals surface area contributed by atoms with Gasteiger partial charge in [-0.3, -0.25) is 0 Å². The van der Waals surface area contributed by atoms with Gasteiger partial charge >= 0.3 is 0 Å². The maximum atomic E-state index is 5.90. The molecule has 1 atom stereocenters. The maximum absolute atomic E-state index is 5.90. The van der Waals surface area contributed by atoms with Crippen LogP contribution >= 0.6 is 22.9 Å². The van der Waals surface area contributed by atoms with Crippen LogP contribution in [-0.2, 0) is 6.54 Å². The van der Waals surface area contributed by atoms with E-state index in [4.69, 9.17) is 16.0 Å². The summed E-state index contributed by atoms with van der Waals surface area (Å²) in [5.74, 6) is 1.80. The van der Waals surface area contributed by atoms with Crippen LogP contribution in [0.4, 0.5) is 0 Å². The molecule has 2 aromatic heterocycles. The second-order valence-electron chi connectivity index (χ2n) is 4.89. The molecule has 0 spiro atoms. The Morgan fingerprint density at radius 1 is 1.14 bits per heavy atom. The predicted molar refractivity (Wildman–Crippen MR) is 88.7 cm³/mol. The summed E-state index contributed by atoms with van der Waals surface area (Å²) in [5, 5.41) is 6.30. The van der Waals surface area contributed by atoms with E-state index in [1.165, 1.54) is 4.88 Å². The van der Waals surface area contributed by atoms with Gasteiger partial charge in [0.05, 0.1) is 6.54 Å². The molecule has 1 N–H and O–H groups in total. The second-order valence-corrected chi connectivity index (χ2v) is 6.31. The summed E-state index contributed by atoms with van der Waals surface area (Å²) in [6.07, 6.45) is 0. The lowest BCUT2D eigenvalue weighted by molar-refractivity contribution is 0.470. The molecule has 0 bridgehead atoms. The summed E-state index contributed by atoms with van der Waals surface area (Å²) in [6.45, 7) is 2.88. The van der Waals surface area contributed by atoms with Crippen molar-refractivity contribution in [1.82, 2.24) is 5.32 Å². The molecule has 0 aliphatic carbocycles. The summed E-state index contributed by atoms with van der Waals surface area (Å²) < 4.78 is 5.88. The minimum absolute atomic E-state index is 0.328. The van der Waals surface area contributed by atoms with Crippen molar-refractivity contribution >= 4 is 22.9 Å². The lowest BCUT2D eigenvalue weighted by atomic mass is 10.2. The molecule has 4 heteroatoms. The van der Waals surface area contributed by atoms with E-state index >= 15 is 0 Å². The highest BCUT2D eigenvalue weighted by Gasteiger charge is 2.08. The quantitative estimate of drug-likeness (QED) is 0.671. The summed E-state index contributed by atoms with van der Waals surface area (Å²) >= 11 is 7.66. The number of furan rings is 1. The molecule has 2 heterocycles. The van der Waals surface area contributed by atoms with Crippen LogP contribution in [-0.4, -0.2) is 0 Å². The fourth-order valence-corrected chi connectivity index (χ4v) is 3.02. The number of hydrogen-bond acceptors (Lipinski definition) is 3. The molecule has 0 aliphatic heterocycles. The number of nitrogens with one attached hydrogen (secondary N) is 1. The minimum atomic E-state index is 0.328. The van der Waals surface area contributed by atoms with Crippen molar-refractivity contribution in [2.75, 3.05) is 0 Å². The fraction of sp³-hybridized carbons (Fsp3) is 0.176. The summed E-state index contributed by atoms with van der Waals surface area (Å²) in [4.78, 5) is 1.33. The second kappa shape index (κ2) is 6.48. The molecular formula is C17H16ClNOS. The highest BCUT2D eigenvalue weighted by molar-refractivity contribution is 7.10. The van der Waals surface area contributed by atoms with Gasteiger partial charge in [0.15, 0.2) is 0 Å². The zero-order valence-electron chi connectivity index (χ0n) is 11.7. The van der Waals surface area contributed by atoms with Gasteiger partial charge in [-0.25, -0.2) is 0 Å². The summed E-state index contributed by atoms with van der Waals surface area (Å²) in [5.41, 5.74) is 1.04. The highest BCUT2D eigenvalue weighted by atomic mass is 35.5. The third kappa shape index (κ3) is 3.56. The summed E-state index contributed by atoms with van der Waals surface area (Å²) in [7, 11) is 0. The monoisotopic (exact) mass is 317 g/mol. The fourth-order valence-electron chi connectivity index (χ4n) is 2.13. The standard InChI is InChI=1S/C17H16ClNOS/c1-12(17-3-2-10-21-17)19-11-15-8-9-16(20-15)13-4-6-14(18)7-5-13/h2-10,12,19H,11H2,1H3/t12-/m0/s1. The Labute approximate surface area is 133 Å². The summed E-state index contributed by atoms with van der Waals surface area (Å²) in [6, 6.07) is 16.2. The highest BCUT2D eigenvalue weighted by Crippen LogP contribution is 2.24. The van der Waals surface area contributed by atoms with Gasteiger partial charge in [-0.15, -0.1) is 11.3 Å². The van der Waals surface area contributed by atoms with Gasteiger partial charge < -0.3 is 9.73 Å². The van der Waals surface area contributed by atoms with Gasteiger partial charge in [0, 0.05) is 21.5 Å². The van der Waals surface area contributed by atoms with E-state index in [2.05, 4.69) is 29.8 Å². The van der Waals surface area contributed by atoms with Crippen LogP contribution in [0.25, 0.3) is 11.3 Å². The molecule has 108 valence electrons. The number of thiophene rings is 1. The Balaban J connectivity index is 1.64. The van der Waals surface area contributed by atoms with Crippen molar-refractivity contribution in [3.8, 4) is 11.3 Å². The van der Waals surface area contributed by atoms with E-state index in [9.17, 15) is 0 Å². The molecule has 1 aromatic carbocycles. The molecule has 3 aromatic rings. The third-order valence-electron chi connectivity index (χ3n) is 3.34. The first-order valence-corrected chi connectivity index (χ1v) is 8.09. The first-order valence-electron chi connectivity index (χ1n) is 6.84. The maximum Gasteiger partial charge on any atom is 0.134 e. The van der Waals surface area contributed by atoms with Crippen molar-refractivity contribution in [2.24, 2.45) is 0 Å². The molecular weight excluding hydrogens is 302 g/mol. The number of benzene rings is 1. The van der Waals surface area contributed by atoms with Crippen LogP contribution in [0.3, 0.4) is 0 Å². The molecule has 0 aliphatic rings. The number of hydrogen-bond donors (Lipinski definition) is 1. The lowest BCUT2D eigenvalue weighted by Crippen LogP contribution is -2.16. The van der Waals surface area contributed by atoms with Gasteiger partial charge in [0.25, 0.3) is 0 Å². The van der Waals surface area contributed by atoms with Gasteiger partial charge in [-0.2, -0.15) is 0 Å². The number of halogens is 1. The molecule has 0 saturated heterocycles. The van der Waals surface area contributed by atoms with Crippen molar-refractivity contribution in [1.29, 1.82) is 0 Å². The molecule has 2 nitrogen and oxygen atoms in total. The zero-order chi connectivity index (χ0) is 14.7. The van der Waals surface area contributed by atoms with Crippen molar-refractivity contribution in [2.45, 2.75) is 19.5 Å². The van der Waals surface area contributed by atoms with Crippen LogP contribution < -0.4 is 5.32 Å². The van der Waals surface area contributed by atoms with Crippen LogP contribution in [0.2, 0.25) is 5.02 Å². The molecule has 21 heavy (non-hydrogen) atoms. The smallest absolute Gasteiger partial charge is 0.134 e. The van der Waals surface area contributed by atoms with E-state index in [0.717, 1.165) is 22.1 Å². The van der Waals surface area contributed by atoms with Gasteiger partial charge in [-0.1, -0.05) is 17.7 Å². The van der Waals surface area contributed by atoms with E-state index in [0.29, 0.717) is 12.6 Å². The Bertz CT molecular complexity index is 688. The van der Waals surface area contributed by atoms with Crippen molar-refractivity contribution in [3.63, 3.8) is 0 Å². The molecule has 3 rings (SSSR count). The average molecular weight is 318 g/mol. The first kappa shape index (κ1) is 14.4. The van der Waals surface area contributed by atoms with Crippen molar-refractivity contribution < 1.29 is 4.42 Å². The Morgan fingerprint density at radius 3 is 2.67 bits per heavy atom. The minimum Gasteiger partial charge on any atom is -0.460 e. The van der Waals surface area contributed by atoms with Crippen LogP contribution in [0.1, 0.15) is 23.6 Å². The van der Waals surface area contributed by atoms with E-state index in [-0.39, 0.29) is 0 Å². The van der Waals surface area contributed by atoms with E-state index < -0.39 is 0 Å². The van der Waals surface area contributed by atoms with Crippen LogP contribution in [0.5, 0.6) is 0 Å². The van der Waals surface area contributed by atoms with E-state index in [1.54, 1.807) is 11.3 Å². The topological polar surface area (TPSA) is 25.2 Å². The van der Waals surface area contributed by atoms with E-state index in [1.807, 2.05) is 36.4 Å². The van der Waals surface area contributed by atoms with Crippen LogP contribution in [0.15, 0.2) is 58.3 Å². The van der Waals surface area contributed by atoms with Crippen molar-refractivity contribution in [3.05, 3.63) is 69.6 Å². The van der Waals surface area contributed by atoms with Gasteiger partial charge in [-0.05, 0) is 54.8 Å². The molecule has 0 unspecified atom stereocenters. The largest absolute Gasteiger partial charge is 0.460 e.